The van der Waals surface area contributed by atoms with Crippen LogP contribution in [0.15, 0.2) is 28.2 Å². The number of benzene rings is 1. The van der Waals surface area contributed by atoms with Crippen LogP contribution in [0.4, 0.5) is 5.69 Å². The summed E-state index contributed by atoms with van der Waals surface area (Å²) in [5.74, 6) is -0.317. The average Bonchev–Trinajstić information content (AvgIpc) is 2.03. The second-order valence-corrected chi connectivity index (χ2v) is 3.66. The Balaban J connectivity index is 3.38. The zero-order valence-corrected chi connectivity index (χ0v) is 7.11. The van der Waals surface area contributed by atoms with E-state index in [2.05, 4.69) is 5.11 Å². The van der Waals surface area contributed by atoms with E-state index in [-0.39, 0.29) is 11.4 Å². The van der Waals surface area contributed by atoms with Crippen LogP contribution in [0.2, 0.25) is 0 Å². The predicted molar refractivity (Wildman–Crippen MR) is 42.7 cm³/mol. The van der Waals surface area contributed by atoms with Gasteiger partial charge in [0, 0.05) is 0 Å². The summed E-state index contributed by atoms with van der Waals surface area (Å²) in [4.78, 5) is -0.406. The summed E-state index contributed by atoms with van der Waals surface area (Å²) in [5, 5.41) is 11.9. The summed E-state index contributed by atoms with van der Waals surface area (Å²) in [6.45, 7) is 0. The van der Waals surface area contributed by atoms with E-state index in [1.165, 1.54) is 0 Å². The number of rotatable bonds is 2. The Labute approximate surface area is 74.1 Å². The monoisotopic (exact) mass is 202 g/mol. The standard InChI is InChI=1S/C6H6N2O4S/c7-8-5-3-4(13(10,11)12)1-2-6(5)9/h1-3,7,9H,(H,10,11,12). The summed E-state index contributed by atoms with van der Waals surface area (Å²) in [5.41, 5.74) is 6.36. The lowest BCUT2D eigenvalue weighted by Crippen LogP contribution is -1.96. The van der Waals surface area contributed by atoms with E-state index in [4.69, 9.17) is 15.2 Å². The van der Waals surface area contributed by atoms with Gasteiger partial charge in [0.05, 0.1) is 4.90 Å². The smallest absolute Gasteiger partial charge is 0.294 e. The molecule has 6 nitrogen and oxygen atoms in total. The van der Waals surface area contributed by atoms with Gasteiger partial charge in [0.25, 0.3) is 10.1 Å². The molecule has 0 fully saturated rings. The molecule has 1 aromatic carbocycles. The first-order chi connectivity index (χ1) is 5.95. The molecule has 0 bridgehead atoms. The van der Waals surface area contributed by atoms with Crippen LogP contribution in [0, 0.1) is 5.53 Å². The summed E-state index contributed by atoms with van der Waals surface area (Å²) in [7, 11) is -4.31. The number of phenolic OH excluding ortho intramolecular Hbond substituents is 1. The highest BCUT2D eigenvalue weighted by Crippen LogP contribution is 2.28. The van der Waals surface area contributed by atoms with Crippen molar-refractivity contribution in [2.45, 2.75) is 4.90 Å². The van der Waals surface area contributed by atoms with Gasteiger partial charge in [-0.1, -0.05) is 0 Å². The molecule has 1 aromatic rings. The van der Waals surface area contributed by atoms with Crippen LogP contribution in [0.5, 0.6) is 5.75 Å². The van der Waals surface area contributed by atoms with Gasteiger partial charge in [-0.2, -0.15) is 13.5 Å². The molecule has 7 heteroatoms. The van der Waals surface area contributed by atoms with Crippen molar-refractivity contribution in [3.8, 4) is 5.75 Å². The van der Waals surface area contributed by atoms with Crippen molar-refractivity contribution in [2.75, 3.05) is 0 Å². The van der Waals surface area contributed by atoms with Crippen molar-refractivity contribution in [3.05, 3.63) is 18.2 Å². The molecule has 0 heterocycles. The van der Waals surface area contributed by atoms with Crippen LogP contribution in [0.1, 0.15) is 0 Å². The van der Waals surface area contributed by atoms with Crippen LogP contribution < -0.4 is 0 Å². The van der Waals surface area contributed by atoms with Gasteiger partial charge in [0.1, 0.15) is 11.4 Å². The molecule has 0 spiro atoms. The summed E-state index contributed by atoms with van der Waals surface area (Å²) < 4.78 is 29.8. The maximum atomic E-state index is 10.6. The highest BCUT2D eigenvalue weighted by Gasteiger charge is 2.11. The second-order valence-electron chi connectivity index (χ2n) is 2.24. The topological polar surface area (TPSA) is 111 Å². The van der Waals surface area contributed by atoms with Crippen LogP contribution in [-0.2, 0) is 10.1 Å². The molecular formula is C6H6N2O4S. The van der Waals surface area contributed by atoms with Gasteiger partial charge in [-0.05, 0) is 18.2 Å². The summed E-state index contributed by atoms with van der Waals surface area (Å²) in [6.07, 6.45) is 0. The molecule has 0 aliphatic carbocycles. The normalized spacial score (nSPS) is 11.2. The highest BCUT2D eigenvalue weighted by atomic mass is 32.2. The Kier molecular flexibility index (Phi) is 2.30. The molecule has 0 aromatic heterocycles. The molecule has 0 atom stereocenters. The second kappa shape index (κ2) is 3.11. The highest BCUT2D eigenvalue weighted by molar-refractivity contribution is 7.85. The van der Waals surface area contributed by atoms with Gasteiger partial charge in [0.15, 0.2) is 0 Å². The van der Waals surface area contributed by atoms with Gasteiger partial charge in [0.2, 0.25) is 0 Å². The number of aromatic hydroxyl groups is 1. The van der Waals surface area contributed by atoms with Crippen molar-refractivity contribution in [1.29, 1.82) is 5.53 Å². The Bertz CT molecular complexity index is 440. The van der Waals surface area contributed by atoms with Gasteiger partial charge >= 0.3 is 0 Å². The maximum absolute atomic E-state index is 10.6. The predicted octanol–water partition coefficient (Wildman–Crippen LogP) is 1.30. The van der Waals surface area contributed by atoms with Gasteiger partial charge in [-0.3, -0.25) is 4.55 Å². The zero-order valence-electron chi connectivity index (χ0n) is 6.30. The number of hydrogen-bond acceptors (Lipinski definition) is 5. The Morgan fingerprint density at radius 2 is 2.00 bits per heavy atom. The fourth-order valence-corrected chi connectivity index (χ4v) is 1.25. The van der Waals surface area contributed by atoms with Crippen LogP contribution >= 0.6 is 0 Å². The SMILES string of the molecule is N=Nc1cc(S(=O)(=O)O)ccc1O. The van der Waals surface area contributed by atoms with E-state index in [0.717, 1.165) is 18.2 Å². The summed E-state index contributed by atoms with van der Waals surface area (Å²) >= 11 is 0. The van der Waals surface area contributed by atoms with Crippen molar-refractivity contribution < 1.29 is 18.1 Å². The average molecular weight is 202 g/mol. The van der Waals surface area contributed by atoms with E-state index < -0.39 is 15.0 Å². The fraction of sp³-hybridized carbons (Fsp3) is 0. The number of nitrogens with one attached hydrogen (secondary N) is 1. The fourth-order valence-electron chi connectivity index (χ4n) is 0.753. The molecule has 0 saturated carbocycles. The quantitative estimate of drug-likeness (QED) is 0.495. The van der Waals surface area contributed by atoms with E-state index in [0.29, 0.717) is 0 Å². The van der Waals surface area contributed by atoms with Crippen LogP contribution in [0.3, 0.4) is 0 Å². The van der Waals surface area contributed by atoms with E-state index in [9.17, 15) is 8.42 Å². The third-order valence-electron chi connectivity index (χ3n) is 1.37. The Hall–Kier alpha value is -1.47. The van der Waals surface area contributed by atoms with Gasteiger partial charge in [-0.25, -0.2) is 5.53 Å². The molecule has 13 heavy (non-hydrogen) atoms. The minimum absolute atomic E-state index is 0.213. The lowest BCUT2D eigenvalue weighted by molar-refractivity contribution is 0.473. The zero-order chi connectivity index (χ0) is 10.1. The third kappa shape index (κ3) is 2.01. The van der Waals surface area contributed by atoms with Crippen molar-refractivity contribution in [1.82, 2.24) is 0 Å². The third-order valence-corrected chi connectivity index (χ3v) is 2.21. The lowest BCUT2D eigenvalue weighted by atomic mass is 10.3. The van der Waals surface area contributed by atoms with E-state index >= 15 is 0 Å². The van der Waals surface area contributed by atoms with Crippen LogP contribution in [0.25, 0.3) is 0 Å². The van der Waals surface area contributed by atoms with Crippen LogP contribution in [-0.4, -0.2) is 18.1 Å². The minimum Gasteiger partial charge on any atom is -0.506 e. The van der Waals surface area contributed by atoms with E-state index in [1.54, 1.807) is 0 Å². The first kappa shape index (κ1) is 9.62. The van der Waals surface area contributed by atoms with Crippen molar-refractivity contribution in [2.24, 2.45) is 5.11 Å². The molecule has 3 N–H and O–H groups in total. The molecule has 0 saturated heterocycles. The number of nitrogens with zero attached hydrogens (tertiary/aromatic N) is 1. The molecule has 0 aliphatic rings. The molecule has 1 rings (SSSR count). The largest absolute Gasteiger partial charge is 0.506 e. The summed E-state index contributed by atoms with van der Waals surface area (Å²) in [6, 6.07) is 2.95. The Morgan fingerprint density at radius 1 is 1.38 bits per heavy atom. The first-order valence-electron chi connectivity index (χ1n) is 3.13. The maximum Gasteiger partial charge on any atom is 0.294 e. The molecule has 0 amide bonds. The molecule has 0 unspecified atom stereocenters. The number of hydrogen-bond donors (Lipinski definition) is 3. The molecular weight excluding hydrogens is 196 g/mol. The minimum atomic E-state index is -4.31. The first-order valence-corrected chi connectivity index (χ1v) is 4.57. The molecule has 70 valence electrons. The van der Waals surface area contributed by atoms with Gasteiger partial charge in [-0.15, -0.1) is 0 Å². The molecule has 0 radical (unpaired) electrons. The lowest BCUT2D eigenvalue weighted by Gasteiger charge is -1.99. The Morgan fingerprint density at radius 3 is 2.46 bits per heavy atom. The van der Waals surface area contributed by atoms with Crippen molar-refractivity contribution >= 4 is 15.8 Å². The van der Waals surface area contributed by atoms with Gasteiger partial charge < -0.3 is 5.11 Å². The van der Waals surface area contributed by atoms with Crippen molar-refractivity contribution in [3.63, 3.8) is 0 Å². The van der Waals surface area contributed by atoms with E-state index in [1.807, 2.05) is 0 Å². The molecule has 0 aliphatic heterocycles. The number of phenols is 1.